The lowest BCUT2D eigenvalue weighted by Gasteiger charge is -2.33. The molecule has 0 spiro atoms. The standard InChI is InChI=1S/C30H37N3O5S/c1-5-20-31-30(35)27(6-2)32(21-24-16-18-25(38-4)19-17-24)29(34)22-33(28-15-11-10-12-23(28)3)39(36,37)26-13-8-7-9-14-26/h7-19,27H,5-6,20-22H2,1-4H3,(H,31,35)/t27-/m1/s1. The van der Waals surface area contributed by atoms with Gasteiger partial charge < -0.3 is 15.0 Å². The van der Waals surface area contributed by atoms with Gasteiger partial charge in [-0.25, -0.2) is 8.42 Å². The third-order valence-electron chi connectivity index (χ3n) is 6.44. The molecule has 1 N–H and O–H groups in total. The highest BCUT2D eigenvalue weighted by atomic mass is 32.2. The number of benzene rings is 3. The molecule has 9 heteroatoms. The lowest BCUT2D eigenvalue weighted by molar-refractivity contribution is -0.140. The molecule has 3 aromatic rings. The van der Waals surface area contributed by atoms with E-state index < -0.39 is 28.5 Å². The van der Waals surface area contributed by atoms with Crippen LogP contribution in [0.4, 0.5) is 5.69 Å². The van der Waals surface area contributed by atoms with Gasteiger partial charge >= 0.3 is 0 Å². The third-order valence-corrected chi connectivity index (χ3v) is 8.22. The van der Waals surface area contributed by atoms with Gasteiger partial charge in [-0.1, -0.05) is 62.4 Å². The van der Waals surface area contributed by atoms with Crippen LogP contribution in [0.2, 0.25) is 0 Å². The van der Waals surface area contributed by atoms with Crippen LogP contribution in [-0.2, 0) is 26.2 Å². The Labute approximate surface area is 231 Å². The Hall–Kier alpha value is -3.85. The van der Waals surface area contributed by atoms with Crippen molar-refractivity contribution in [3.63, 3.8) is 0 Å². The van der Waals surface area contributed by atoms with Gasteiger partial charge in [-0.15, -0.1) is 0 Å². The molecule has 208 valence electrons. The van der Waals surface area contributed by atoms with Crippen molar-refractivity contribution in [3.05, 3.63) is 90.0 Å². The van der Waals surface area contributed by atoms with Gasteiger partial charge in [0.05, 0.1) is 17.7 Å². The zero-order chi connectivity index (χ0) is 28.4. The molecule has 3 aromatic carbocycles. The molecule has 0 aliphatic heterocycles. The normalized spacial score (nSPS) is 11.9. The van der Waals surface area contributed by atoms with Crippen LogP contribution in [0.5, 0.6) is 5.75 Å². The van der Waals surface area contributed by atoms with Crippen LogP contribution >= 0.6 is 0 Å². The first-order valence-corrected chi connectivity index (χ1v) is 14.5. The van der Waals surface area contributed by atoms with Gasteiger partial charge in [-0.05, 0) is 61.2 Å². The van der Waals surface area contributed by atoms with E-state index in [2.05, 4.69) is 5.32 Å². The minimum absolute atomic E-state index is 0.0792. The number of carbonyl (C=O) groups excluding carboxylic acids is 2. The van der Waals surface area contributed by atoms with E-state index in [4.69, 9.17) is 4.74 Å². The molecule has 0 saturated carbocycles. The first kappa shape index (κ1) is 29.7. The number of nitrogens with one attached hydrogen (secondary N) is 1. The lowest BCUT2D eigenvalue weighted by atomic mass is 10.1. The van der Waals surface area contributed by atoms with E-state index in [0.29, 0.717) is 30.0 Å². The molecule has 3 rings (SSSR count). The van der Waals surface area contributed by atoms with Crippen molar-refractivity contribution in [2.45, 2.75) is 51.1 Å². The van der Waals surface area contributed by atoms with Crippen LogP contribution in [-0.4, -0.2) is 51.4 Å². The van der Waals surface area contributed by atoms with Crippen molar-refractivity contribution in [1.29, 1.82) is 0 Å². The highest BCUT2D eigenvalue weighted by Crippen LogP contribution is 2.27. The number of aryl methyl sites for hydroxylation is 1. The fourth-order valence-corrected chi connectivity index (χ4v) is 5.79. The number of hydrogen-bond donors (Lipinski definition) is 1. The zero-order valence-electron chi connectivity index (χ0n) is 23.0. The number of hydrogen-bond acceptors (Lipinski definition) is 5. The maximum atomic E-state index is 14.0. The maximum Gasteiger partial charge on any atom is 0.264 e. The van der Waals surface area contributed by atoms with Crippen LogP contribution in [0, 0.1) is 6.92 Å². The second kappa shape index (κ2) is 13.8. The van der Waals surface area contributed by atoms with Crippen molar-refractivity contribution in [2.24, 2.45) is 0 Å². The summed E-state index contributed by atoms with van der Waals surface area (Å²) in [5, 5.41) is 2.89. The summed E-state index contributed by atoms with van der Waals surface area (Å²) in [6.07, 6.45) is 1.12. The minimum Gasteiger partial charge on any atom is -0.497 e. The van der Waals surface area contributed by atoms with Gasteiger partial charge in [0, 0.05) is 13.1 Å². The Balaban J connectivity index is 2.04. The van der Waals surface area contributed by atoms with E-state index in [0.717, 1.165) is 16.3 Å². The monoisotopic (exact) mass is 551 g/mol. The maximum absolute atomic E-state index is 14.0. The number of amides is 2. The summed E-state index contributed by atoms with van der Waals surface area (Å²) in [4.78, 5) is 28.7. The molecule has 0 aliphatic rings. The van der Waals surface area contributed by atoms with Crippen molar-refractivity contribution in [3.8, 4) is 5.75 Å². The molecule has 0 bridgehead atoms. The number of para-hydroxylation sites is 1. The Morgan fingerprint density at radius 3 is 2.15 bits per heavy atom. The third kappa shape index (κ3) is 7.38. The Morgan fingerprint density at radius 1 is 0.923 bits per heavy atom. The van der Waals surface area contributed by atoms with Crippen molar-refractivity contribution >= 4 is 27.5 Å². The highest BCUT2D eigenvalue weighted by Gasteiger charge is 2.34. The molecule has 0 saturated heterocycles. The Bertz CT molecular complexity index is 1340. The molecule has 2 amide bonds. The molecule has 8 nitrogen and oxygen atoms in total. The smallest absolute Gasteiger partial charge is 0.264 e. The van der Waals surface area contributed by atoms with Crippen LogP contribution in [0.1, 0.15) is 37.8 Å². The number of methoxy groups -OCH3 is 1. The lowest BCUT2D eigenvalue weighted by Crippen LogP contribution is -2.52. The number of ether oxygens (including phenoxy) is 1. The predicted octanol–water partition coefficient (Wildman–Crippen LogP) is 4.53. The number of sulfonamides is 1. The molecular weight excluding hydrogens is 514 g/mol. The van der Waals surface area contributed by atoms with Gasteiger partial charge in [-0.3, -0.25) is 13.9 Å². The molecule has 0 fully saturated rings. The van der Waals surface area contributed by atoms with Crippen molar-refractivity contribution in [1.82, 2.24) is 10.2 Å². The van der Waals surface area contributed by atoms with Crippen LogP contribution < -0.4 is 14.4 Å². The van der Waals surface area contributed by atoms with Gasteiger partial charge in [-0.2, -0.15) is 0 Å². The summed E-state index contributed by atoms with van der Waals surface area (Å²) in [5.41, 5.74) is 1.90. The molecule has 0 aliphatic carbocycles. The summed E-state index contributed by atoms with van der Waals surface area (Å²) in [6.45, 7) is 5.75. The predicted molar refractivity (Wildman–Crippen MR) is 153 cm³/mol. The van der Waals surface area contributed by atoms with Gasteiger partial charge in [0.1, 0.15) is 18.3 Å². The van der Waals surface area contributed by atoms with Crippen LogP contribution in [0.15, 0.2) is 83.8 Å². The fourth-order valence-electron chi connectivity index (χ4n) is 4.29. The van der Waals surface area contributed by atoms with Gasteiger partial charge in [0.15, 0.2) is 0 Å². The zero-order valence-corrected chi connectivity index (χ0v) is 23.8. The van der Waals surface area contributed by atoms with Crippen molar-refractivity contribution in [2.75, 3.05) is 24.5 Å². The SMILES string of the molecule is CCCNC(=O)[C@@H](CC)N(Cc1ccc(OC)cc1)C(=O)CN(c1ccccc1C)S(=O)(=O)c1ccccc1. The highest BCUT2D eigenvalue weighted by molar-refractivity contribution is 7.92. The summed E-state index contributed by atoms with van der Waals surface area (Å²) in [7, 11) is -2.51. The minimum atomic E-state index is -4.09. The van der Waals surface area contributed by atoms with Crippen LogP contribution in [0.3, 0.4) is 0 Å². The van der Waals surface area contributed by atoms with E-state index in [1.165, 1.54) is 17.0 Å². The second-order valence-corrected chi connectivity index (χ2v) is 11.1. The van der Waals surface area contributed by atoms with Gasteiger partial charge in [0.25, 0.3) is 10.0 Å². The fraction of sp³-hybridized carbons (Fsp3) is 0.333. The van der Waals surface area contributed by atoms with Gasteiger partial charge in [0.2, 0.25) is 11.8 Å². The molecule has 39 heavy (non-hydrogen) atoms. The topological polar surface area (TPSA) is 96.0 Å². The van der Waals surface area contributed by atoms with E-state index in [1.54, 1.807) is 62.6 Å². The van der Waals surface area contributed by atoms with Crippen LogP contribution in [0.25, 0.3) is 0 Å². The Kier molecular flexibility index (Phi) is 10.5. The Morgan fingerprint density at radius 2 is 1.56 bits per heavy atom. The quantitative estimate of drug-likeness (QED) is 0.337. The summed E-state index contributed by atoms with van der Waals surface area (Å²) < 4.78 is 34.1. The largest absolute Gasteiger partial charge is 0.497 e. The summed E-state index contributed by atoms with van der Waals surface area (Å²) in [5.74, 6) is -0.0781. The molecule has 0 aromatic heterocycles. The molecule has 0 unspecified atom stereocenters. The molecular formula is C30H37N3O5S. The number of anilines is 1. The molecule has 1 atom stereocenters. The summed E-state index contributed by atoms with van der Waals surface area (Å²) >= 11 is 0. The molecule has 0 radical (unpaired) electrons. The second-order valence-electron chi connectivity index (χ2n) is 9.20. The van der Waals surface area contributed by atoms with E-state index >= 15 is 0 Å². The van der Waals surface area contributed by atoms with E-state index in [9.17, 15) is 18.0 Å². The first-order valence-electron chi connectivity index (χ1n) is 13.1. The molecule has 0 heterocycles. The summed E-state index contributed by atoms with van der Waals surface area (Å²) in [6, 6.07) is 21.5. The number of nitrogens with zero attached hydrogens (tertiary/aromatic N) is 2. The van der Waals surface area contributed by atoms with E-state index in [1.807, 2.05) is 32.0 Å². The van der Waals surface area contributed by atoms with E-state index in [-0.39, 0.29) is 17.3 Å². The first-order chi connectivity index (χ1) is 18.7. The van der Waals surface area contributed by atoms with Crippen molar-refractivity contribution < 1.29 is 22.7 Å². The number of carbonyl (C=O) groups is 2. The average Bonchev–Trinajstić information content (AvgIpc) is 2.95. The number of rotatable bonds is 13. The average molecular weight is 552 g/mol.